The summed E-state index contributed by atoms with van der Waals surface area (Å²) < 4.78 is 0. The molecule has 1 aliphatic carbocycles. The van der Waals surface area contributed by atoms with E-state index in [2.05, 4.69) is 10.2 Å². The van der Waals surface area contributed by atoms with Gasteiger partial charge in [-0.05, 0) is 49.8 Å². The molecule has 0 spiro atoms. The predicted octanol–water partition coefficient (Wildman–Crippen LogP) is 4.28. The number of anilines is 1. The Balaban J connectivity index is 1.62. The zero-order chi connectivity index (χ0) is 20.6. The van der Waals surface area contributed by atoms with E-state index in [0.29, 0.717) is 25.6 Å². The maximum Gasteiger partial charge on any atom is 0.407 e. The van der Waals surface area contributed by atoms with Crippen LogP contribution in [0, 0.1) is 12.8 Å². The SMILES string of the molecule is Cc1ccc(N2CCCN(C(=O)O)CC2)cc1C(=O)NCC1CCCCCCC1. The van der Waals surface area contributed by atoms with E-state index in [-0.39, 0.29) is 5.91 Å². The minimum atomic E-state index is -0.856. The van der Waals surface area contributed by atoms with Crippen molar-refractivity contribution in [2.75, 3.05) is 37.6 Å². The Labute approximate surface area is 174 Å². The minimum absolute atomic E-state index is 0.00777. The highest BCUT2D eigenvalue weighted by atomic mass is 16.4. The first-order valence-corrected chi connectivity index (χ1v) is 11.2. The van der Waals surface area contributed by atoms with Crippen LogP contribution in [0.4, 0.5) is 10.5 Å². The van der Waals surface area contributed by atoms with Crippen LogP contribution in [0.3, 0.4) is 0 Å². The Morgan fingerprint density at radius 2 is 1.72 bits per heavy atom. The van der Waals surface area contributed by atoms with Crippen LogP contribution in [0.15, 0.2) is 18.2 Å². The summed E-state index contributed by atoms with van der Waals surface area (Å²) in [5, 5.41) is 12.4. The summed E-state index contributed by atoms with van der Waals surface area (Å²) in [6, 6.07) is 6.01. The second-order valence-corrected chi connectivity index (χ2v) is 8.53. The van der Waals surface area contributed by atoms with E-state index in [4.69, 9.17) is 0 Å². The third-order valence-electron chi connectivity index (χ3n) is 6.37. The number of benzene rings is 1. The molecule has 2 amide bonds. The number of aryl methyl sites for hydroxylation is 1. The molecule has 0 atom stereocenters. The van der Waals surface area contributed by atoms with Gasteiger partial charge in [0.05, 0.1) is 0 Å². The molecule has 0 unspecified atom stereocenters. The molecule has 1 aromatic rings. The summed E-state index contributed by atoms with van der Waals surface area (Å²) in [7, 11) is 0. The van der Waals surface area contributed by atoms with Crippen LogP contribution in [0.2, 0.25) is 0 Å². The first-order chi connectivity index (χ1) is 14.0. The lowest BCUT2D eigenvalue weighted by Crippen LogP contribution is -2.34. The third kappa shape index (κ3) is 6.12. The molecule has 0 radical (unpaired) electrons. The fourth-order valence-corrected chi connectivity index (χ4v) is 4.50. The number of nitrogens with zero attached hydrogens (tertiary/aromatic N) is 2. The number of carboxylic acid groups (broad SMARTS) is 1. The molecule has 2 aliphatic rings. The number of carbonyl (C=O) groups excluding carboxylic acids is 1. The molecular formula is C23H35N3O3. The monoisotopic (exact) mass is 401 g/mol. The van der Waals surface area contributed by atoms with Crippen LogP contribution in [-0.2, 0) is 0 Å². The first kappa shape index (κ1) is 21.5. The van der Waals surface area contributed by atoms with Crippen LogP contribution in [0.5, 0.6) is 0 Å². The molecular weight excluding hydrogens is 366 g/mol. The van der Waals surface area contributed by atoms with Crippen molar-refractivity contribution in [3.8, 4) is 0 Å². The van der Waals surface area contributed by atoms with Crippen molar-refractivity contribution in [3.63, 3.8) is 0 Å². The van der Waals surface area contributed by atoms with E-state index in [9.17, 15) is 14.7 Å². The van der Waals surface area contributed by atoms with Crippen molar-refractivity contribution in [1.29, 1.82) is 0 Å². The van der Waals surface area contributed by atoms with Gasteiger partial charge in [0.15, 0.2) is 0 Å². The highest BCUT2D eigenvalue weighted by Crippen LogP contribution is 2.23. The average Bonchev–Trinajstić information content (AvgIpc) is 2.94. The van der Waals surface area contributed by atoms with Gasteiger partial charge in [0.25, 0.3) is 5.91 Å². The summed E-state index contributed by atoms with van der Waals surface area (Å²) in [6.07, 6.45) is 8.91. The van der Waals surface area contributed by atoms with Gasteiger partial charge in [0.2, 0.25) is 0 Å². The van der Waals surface area contributed by atoms with E-state index >= 15 is 0 Å². The number of hydrogen-bond donors (Lipinski definition) is 2. The Morgan fingerprint density at radius 3 is 2.45 bits per heavy atom. The van der Waals surface area contributed by atoms with E-state index in [1.165, 1.54) is 49.8 Å². The largest absolute Gasteiger partial charge is 0.465 e. The normalized spacial score (nSPS) is 19.2. The van der Waals surface area contributed by atoms with Crippen molar-refractivity contribution < 1.29 is 14.7 Å². The summed E-state index contributed by atoms with van der Waals surface area (Å²) in [6.45, 7) is 5.25. The standard InChI is InChI=1S/C23H35N3O3/c1-18-10-11-20(25-12-7-13-26(15-14-25)23(28)29)16-21(18)22(27)24-17-19-8-5-3-2-4-6-9-19/h10-11,16,19H,2-9,12-15,17H2,1H3,(H,24,27)(H,28,29). The van der Waals surface area contributed by atoms with Gasteiger partial charge >= 0.3 is 6.09 Å². The van der Waals surface area contributed by atoms with Crippen LogP contribution in [0.1, 0.15) is 67.3 Å². The number of amides is 2. The van der Waals surface area contributed by atoms with E-state index in [1.54, 1.807) is 0 Å². The van der Waals surface area contributed by atoms with Crippen molar-refractivity contribution in [2.45, 2.75) is 58.3 Å². The topological polar surface area (TPSA) is 72.9 Å². The van der Waals surface area contributed by atoms with Gasteiger partial charge in [-0.15, -0.1) is 0 Å². The Hall–Kier alpha value is -2.24. The molecule has 6 nitrogen and oxygen atoms in total. The second-order valence-electron chi connectivity index (χ2n) is 8.53. The highest BCUT2D eigenvalue weighted by Gasteiger charge is 2.20. The van der Waals surface area contributed by atoms with Crippen LogP contribution < -0.4 is 10.2 Å². The van der Waals surface area contributed by atoms with E-state index in [0.717, 1.165) is 36.3 Å². The number of nitrogens with one attached hydrogen (secondary N) is 1. The predicted molar refractivity (Wildman–Crippen MR) is 116 cm³/mol. The smallest absolute Gasteiger partial charge is 0.407 e. The molecule has 160 valence electrons. The van der Waals surface area contributed by atoms with Crippen molar-refractivity contribution in [3.05, 3.63) is 29.3 Å². The van der Waals surface area contributed by atoms with Gasteiger partial charge in [0, 0.05) is 44.0 Å². The molecule has 1 saturated carbocycles. The van der Waals surface area contributed by atoms with Crippen LogP contribution in [-0.4, -0.2) is 54.7 Å². The minimum Gasteiger partial charge on any atom is -0.465 e. The molecule has 2 N–H and O–H groups in total. The van der Waals surface area contributed by atoms with Crippen molar-refractivity contribution >= 4 is 17.7 Å². The molecule has 1 aromatic carbocycles. The number of carbonyl (C=O) groups is 2. The molecule has 1 aliphatic heterocycles. The van der Waals surface area contributed by atoms with Gasteiger partial charge in [-0.25, -0.2) is 4.79 Å². The van der Waals surface area contributed by atoms with E-state index in [1.807, 2.05) is 25.1 Å². The fraction of sp³-hybridized carbons (Fsp3) is 0.652. The lowest BCUT2D eigenvalue weighted by atomic mass is 9.91. The van der Waals surface area contributed by atoms with Gasteiger partial charge in [-0.3, -0.25) is 4.79 Å². The fourth-order valence-electron chi connectivity index (χ4n) is 4.50. The zero-order valence-electron chi connectivity index (χ0n) is 17.7. The van der Waals surface area contributed by atoms with Gasteiger partial charge in [-0.2, -0.15) is 0 Å². The van der Waals surface area contributed by atoms with Crippen LogP contribution >= 0.6 is 0 Å². The first-order valence-electron chi connectivity index (χ1n) is 11.2. The molecule has 29 heavy (non-hydrogen) atoms. The summed E-state index contributed by atoms with van der Waals surface area (Å²) in [5.74, 6) is 0.601. The second kappa shape index (κ2) is 10.5. The Bertz CT molecular complexity index is 699. The average molecular weight is 402 g/mol. The van der Waals surface area contributed by atoms with Crippen LogP contribution in [0.25, 0.3) is 0 Å². The molecule has 1 heterocycles. The van der Waals surface area contributed by atoms with Crippen molar-refractivity contribution in [2.24, 2.45) is 5.92 Å². The molecule has 6 heteroatoms. The van der Waals surface area contributed by atoms with Gasteiger partial charge in [0.1, 0.15) is 0 Å². The summed E-state index contributed by atoms with van der Waals surface area (Å²) in [5.41, 5.74) is 2.71. The molecule has 0 aromatic heterocycles. The Morgan fingerprint density at radius 1 is 1.00 bits per heavy atom. The summed E-state index contributed by atoms with van der Waals surface area (Å²) >= 11 is 0. The van der Waals surface area contributed by atoms with E-state index < -0.39 is 6.09 Å². The van der Waals surface area contributed by atoms with Crippen molar-refractivity contribution in [1.82, 2.24) is 10.2 Å². The molecule has 3 rings (SSSR count). The third-order valence-corrected chi connectivity index (χ3v) is 6.37. The molecule has 0 bridgehead atoms. The molecule has 2 fully saturated rings. The zero-order valence-corrected chi connectivity index (χ0v) is 17.7. The molecule has 1 saturated heterocycles. The lowest BCUT2D eigenvalue weighted by molar-refractivity contribution is 0.0944. The number of hydrogen-bond acceptors (Lipinski definition) is 3. The number of rotatable bonds is 4. The maximum atomic E-state index is 12.9. The lowest BCUT2D eigenvalue weighted by Gasteiger charge is -2.24. The highest BCUT2D eigenvalue weighted by molar-refractivity contribution is 5.96. The van der Waals surface area contributed by atoms with Gasteiger partial charge < -0.3 is 20.2 Å². The Kier molecular flexibility index (Phi) is 7.78. The maximum absolute atomic E-state index is 12.9. The quantitative estimate of drug-likeness (QED) is 0.790. The summed E-state index contributed by atoms with van der Waals surface area (Å²) in [4.78, 5) is 27.8. The van der Waals surface area contributed by atoms with Gasteiger partial charge in [-0.1, -0.05) is 38.2 Å².